The van der Waals surface area contributed by atoms with E-state index in [1.54, 1.807) is 23.0 Å². The molecule has 0 saturated heterocycles. The van der Waals surface area contributed by atoms with Gasteiger partial charge in [0, 0.05) is 22.0 Å². The highest BCUT2D eigenvalue weighted by molar-refractivity contribution is 6.35. The zero-order chi connectivity index (χ0) is 13.4. The third-order valence-electron chi connectivity index (χ3n) is 3.36. The lowest BCUT2D eigenvalue weighted by Gasteiger charge is -2.13. The number of carbonyl (C=O) groups excluding carboxylic acids is 1. The van der Waals surface area contributed by atoms with Crippen LogP contribution < -0.4 is 0 Å². The summed E-state index contributed by atoms with van der Waals surface area (Å²) in [7, 11) is 0. The van der Waals surface area contributed by atoms with Crippen molar-refractivity contribution in [2.24, 2.45) is 0 Å². The molecule has 3 nitrogen and oxygen atoms in total. The Kier molecular flexibility index (Phi) is 3.33. The first-order valence-corrected chi connectivity index (χ1v) is 6.92. The van der Waals surface area contributed by atoms with Crippen LogP contribution in [-0.2, 0) is 13.0 Å². The second-order valence-corrected chi connectivity index (χ2v) is 5.53. The van der Waals surface area contributed by atoms with Crippen molar-refractivity contribution >= 4 is 29.0 Å². The molecule has 1 heterocycles. The molecule has 5 heteroatoms. The Bertz CT molecular complexity index is 649. The fraction of sp³-hybridized carbons (Fsp3) is 0.286. The average molecular weight is 295 g/mol. The molecule has 2 aromatic rings. The molecule has 0 N–H and O–H groups in total. The molecule has 0 bridgehead atoms. The maximum atomic E-state index is 12.0. The van der Waals surface area contributed by atoms with E-state index in [9.17, 15) is 4.79 Å². The number of aromatic nitrogens is 2. The minimum Gasteiger partial charge on any atom is -0.292 e. The van der Waals surface area contributed by atoms with Crippen LogP contribution in [-0.4, -0.2) is 15.6 Å². The second-order valence-electron chi connectivity index (χ2n) is 4.69. The topological polar surface area (TPSA) is 34.9 Å². The van der Waals surface area contributed by atoms with Crippen molar-refractivity contribution in [3.8, 4) is 0 Å². The highest BCUT2D eigenvalue weighted by atomic mass is 35.5. The number of hydrogen-bond donors (Lipinski definition) is 0. The molecule has 1 aromatic carbocycles. The summed E-state index contributed by atoms with van der Waals surface area (Å²) in [5, 5.41) is 5.51. The number of carbonyl (C=O) groups is 1. The van der Waals surface area contributed by atoms with Gasteiger partial charge in [0.05, 0.1) is 12.7 Å². The van der Waals surface area contributed by atoms with Crippen molar-refractivity contribution in [1.29, 1.82) is 0 Å². The van der Waals surface area contributed by atoms with Gasteiger partial charge >= 0.3 is 0 Å². The van der Waals surface area contributed by atoms with Gasteiger partial charge in [-0.15, -0.1) is 0 Å². The number of rotatable bonds is 2. The zero-order valence-electron chi connectivity index (χ0n) is 10.2. The van der Waals surface area contributed by atoms with Crippen LogP contribution >= 0.6 is 23.2 Å². The van der Waals surface area contributed by atoms with Crippen molar-refractivity contribution in [3.05, 3.63) is 51.3 Å². The van der Waals surface area contributed by atoms with Crippen LogP contribution in [0.25, 0.3) is 0 Å². The number of aryl methyl sites for hydroxylation is 1. The van der Waals surface area contributed by atoms with E-state index in [0.29, 0.717) is 23.0 Å². The van der Waals surface area contributed by atoms with E-state index in [1.807, 2.05) is 6.07 Å². The molecule has 1 aromatic heterocycles. The Morgan fingerprint density at radius 2 is 2.11 bits per heavy atom. The number of ketones is 1. The van der Waals surface area contributed by atoms with E-state index in [0.717, 1.165) is 29.7 Å². The Hall–Kier alpha value is -1.32. The van der Waals surface area contributed by atoms with Gasteiger partial charge in [-0.25, -0.2) is 0 Å². The molecule has 0 aliphatic heterocycles. The maximum absolute atomic E-state index is 12.0. The lowest BCUT2D eigenvalue weighted by atomic mass is 9.97. The minimum absolute atomic E-state index is 0.170. The van der Waals surface area contributed by atoms with Crippen molar-refractivity contribution < 1.29 is 4.79 Å². The number of Topliss-reactive ketones (excluding diaryl/α,β-unsaturated/α-hetero) is 1. The van der Waals surface area contributed by atoms with E-state index in [2.05, 4.69) is 5.10 Å². The van der Waals surface area contributed by atoms with Gasteiger partial charge in [-0.2, -0.15) is 5.10 Å². The first kappa shape index (κ1) is 12.7. The Morgan fingerprint density at radius 3 is 2.89 bits per heavy atom. The summed E-state index contributed by atoms with van der Waals surface area (Å²) in [5.74, 6) is 0.170. The molecule has 1 aliphatic carbocycles. The van der Waals surface area contributed by atoms with Gasteiger partial charge in [-0.05, 0) is 30.5 Å². The smallest absolute Gasteiger partial charge is 0.181 e. The van der Waals surface area contributed by atoms with E-state index in [4.69, 9.17) is 23.2 Å². The molecule has 0 fully saturated rings. The van der Waals surface area contributed by atoms with Gasteiger partial charge in [-0.1, -0.05) is 29.3 Å². The summed E-state index contributed by atoms with van der Waals surface area (Å²) >= 11 is 12.0. The molecule has 3 rings (SSSR count). The Morgan fingerprint density at radius 1 is 1.26 bits per heavy atom. The highest BCUT2D eigenvalue weighted by Crippen LogP contribution is 2.25. The Labute approximate surface area is 121 Å². The quantitative estimate of drug-likeness (QED) is 0.845. The van der Waals surface area contributed by atoms with E-state index in [1.165, 1.54) is 0 Å². The fourth-order valence-corrected chi connectivity index (χ4v) is 2.89. The fourth-order valence-electron chi connectivity index (χ4n) is 2.42. The van der Waals surface area contributed by atoms with Gasteiger partial charge in [-0.3, -0.25) is 9.48 Å². The van der Waals surface area contributed by atoms with Gasteiger partial charge < -0.3 is 0 Å². The second kappa shape index (κ2) is 4.99. The molecule has 0 spiro atoms. The van der Waals surface area contributed by atoms with Crippen LogP contribution in [0, 0.1) is 0 Å². The minimum atomic E-state index is 0.170. The number of fused-ring (bicyclic) bond motifs is 1. The van der Waals surface area contributed by atoms with E-state index in [-0.39, 0.29) is 5.78 Å². The SMILES string of the molecule is O=C1CCCc2cnn(Cc3ccc(Cl)cc3Cl)c21. The first-order chi connectivity index (χ1) is 9.15. The number of benzene rings is 1. The largest absolute Gasteiger partial charge is 0.292 e. The molecular weight excluding hydrogens is 283 g/mol. The third kappa shape index (κ3) is 2.40. The lowest BCUT2D eigenvalue weighted by Crippen LogP contribution is -2.16. The molecule has 0 saturated carbocycles. The van der Waals surface area contributed by atoms with Gasteiger partial charge in [0.2, 0.25) is 0 Å². The Balaban J connectivity index is 1.96. The molecule has 0 atom stereocenters. The molecule has 1 aliphatic rings. The maximum Gasteiger partial charge on any atom is 0.181 e. The van der Waals surface area contributed by atoms with Crippen molar-refractivity contribution in [3.63, 3.8) is 0 Å². The number of halogens is 2. The highest BCUT2D eigenvalue weighted by Gasteiger charge is 2.22. The predicted molar refractivity (Wildman–Crippen MR) is 75.1 cm³/mol. The van der Waals surface area contributed by atoms with E-state index >= 15 is 0 Å². The summed E-state index contributed by atoms with van der Waals surface area (Å²) in [5.41, 5.74) is 2.69. The van der Waals surface area contributed by atoms with Crippen LogP contribution in [0.1, 0.15) is 34.5 Å². The first-order valence-electron chi connectivity index (χ1n) is 6.17. The summed E-state index contributed by atoms with van der Waals surface area (Å²) in [4.78, 5) is 12.0. The number of hydrogen-bond acceptors (Lipinski definition) is 2. The standard InChI is InChI=1S/C14H12Cl2N2O/c15-11-5-4-10(12(16)6-11)8-18-14-9(7-17-18)2-1-3-13(14)19/h4-7H,1-3,8H2. The molecule has 0 unspecified atom stereocenters. The van der Waals surface area contributed by atoms with Crippen molar-refractivity contribution in [1.82, 2.24) is 9.78 Å². The van der Waals surface area contributed by atoms with Crippen molar-refractivity contribution in [2.45, 2.75) is 25.8 Å². The van der Waals surface area contributed by atoms with Gasteiger partial charge in [0.1, 0.15) is 5.69 Å². The normalized spacial score (nSPS) is 14.5. The summed E-state index contributed by atoms with van der Waals surface area (Å²) in [6, 6.07) is 5.36. The average Bonchev–Trinajstić information content (AvgIpc) is 2.77. The third-order valence-corrected chi connectivity index (χ3v) is 3.95. The van der Waals surface area contributed by atoms with Crippen molar-refractivity contribution in [2.75, 3.05) is 0 Å². The van der Waals surface area contributed by atoms with Crippen LogP contribution in [0.2, 0.25) is 10.0 Å². The monoisotopic (exact) mass is 294 g/mol. The van der Waals surface area contributed by atoms with Crippen LogP contribution in [0.5, 0.6) is 0 Å². The van der Waals surface area contributed by atoms with Crippen LogP contribution in [0.3, 0.4) is 0 Å². The van der Waals surface area contributed by atoms with Gasteiger partial charge in [0.15, 0.2) is 5.78 Å². The summed E-state index contributed by atoms with van der Waals surface area (Å²) < 4.78 is 1.74. The molecule has 0 amide bonds. The molecule has 98 valence electrons. The zero-order valence-corrected chi connectivity index (χ0v) is 11.7. The van der Waals surface area contributed by atoms with E-state index < -0.39 is 0 Å². The summed E-state index contributed by atoms with van der Waals surface area (Å²) in [6.45, 7) is 0.497. The van der Waals surface area contributed by atoms with Crippen LogP contribution in [0.4, 0.5) is 0 Å². The number of nitrogens with zero attached hydrogens (tertiary/aromatic N) is 2. The lowest BCUT2D eigenvalue weighted by molar-refractivity contribution is 0.0962. The summed E-state index contributed by atoms with van der Waals surface area (Å²) in [6.07, 6.45) is 4.23. The van der Waals surface area contributed by atoms with Gasteiger partial charge in [0.25, 0.3) is 0 Å². The molecule has 0 radical (unpaired) electrons. The molecule has 19 heavy (non-hydrogen) atoms. The molecular formula is C14H12Cl2N2O. The van der Waals surface area contributed by atoms with Crippen LogP contribution in [0.15, 0.2) is 24.4 Å². The predicted octanol–water partition coefficient (Wildman–Crippen LogP) is 3.76.